The summed E-state index contributed by atoms with van der Waals surface area (Å²) in [6, 6.07) is 16.0. The van der Waals surface area contributed by atoms with Crippen molar-refractivity contribution in [3.63, 3.8) is 0 Å². The summed E-state index contributed by atoms with van der Waals surface area (Å²) in [6.45, 7) is 0. The lowest BCUT2D eigenvalue weighted by Gasteiger charge is -2.24. The molecular weight excluding hydrogens is 314 g/mol. The normalized spacial score (nSPS) is 16.8. The van der Waals surface area contributed by atoms with Crippen LogP contribution < -0.4 is 5.01 Å². The molecule has 0 aromatic heterocycles. The first kappa shape index (κ1) is 15.1. The first-order chi connectivity index (χ1) is 11.1. The van der Waals surface area contributed by atoms with Crippen molar-refractivity contribution in [2.45, 2.75) is 12.5 Å². The van der Waals surface area contributed by atoms with E-state index in [0.717, 1.165) is 11.3 Å². The highest BCUT2D eigenvalue weighted by Crippen LogP contribution is 2.35. The van der Waals surface area contributed by atoms with Crippen LogP contribution in [-0.2, 0) is 4.79 Å². The van der Waals surface area contributed by atoms with Gasteiger partial charge in [-0.1, -0.05) is 23.7 Å². The molecular formula is C17H12ClN3O2. The first-order valence-electron chi connectivity index (χ1n) is 6.94. The summed E-state index contributed by atoms with van der Waals surface area (Å²) < 4.78 is 0. The second kappa shape index (κ2) is 6.11. The van der Waals surface area contributed by atoms with Crippen molar-refractivity contribution in [1.82, 2.24) is 0 Å². The van der Waals surface area contributed by atoms with Gasteiger partial charge in [-0.05, 0) is 42.0 Å². The van der Waals surface area contributed by atoms with E-state index in [1.54, 1.807) is 41.4 Å². The van der Waals surface area contributed by atoms with Crippen LogP contribution >= 0.6 is 11.6 Å². The molecule has 1 atom stereocenters. The molecule has 3 rings (SSSR count). The summed E-state index contributed by atoms with van der Waals surface area (Å²) in [5, 5.41) is 24.7. The van der Waals surface area contributed by atoms with Gasteiger partial charge in [0.1, 0.15) is 5.71 Å². The van der Waals surface area contributed by atoms with Crippen LogP contribution in [-0.4, -0.2) is 16.8 Å². The van der Waals surface area contributed by atoms with Gasteiger partial charge in [-0.2, -0.15) is 10.4 Å². The fourth-order valence-corrected chi connectivity index (χ4v) is 2.64. The molecule has 2 aromatic rings. The fourth-order valence-electron chi connectivity index (χ4n) is 2.51. The molecule has 0 aliphatic carbocycles. The molecule has 0 saturated carbocycles. The minimum atomic E-state index is -1.03. The highest BCUT2D eigenvalue weighted by atomic mass is 35.5. The molecule has 1 aliphatic heterocycles. The Bertz CT molecular complexity index is 807. The molecule has 1 unspecified atom stereocenters. The molecule has 0 fully saturated rings. The van der Waals surface area contributed by atoms with E-state index >= 15 is 0 Å². The van der Waals surface area contributed by atoms with Crippen molar-refractivity contribution < 1.29 is 9.90 Å². The van der Waals surface area contributed by atoms with Crippen molar-refractivity contribution in [2.24, 2.45) is 5.10 Å². The third-order valence-corrected chi connectivity index (χ3v) is 3.92. The zero-order valence-electron chi connectivity index (χ0n) is 12.0. The predicted molar refractivity (Wildman–Crippen MR) is 87.5 cm³/mol. The van der Waals surface area contributed by atoms with E-state index in [1.807, 2.05) is 12.1 Å². The molecule has 2 aromatic carbocycles. The van der Waals surface area contributed by atoms with Crippen molar-refractivity contribution in [3.8, 4) is 6.07 Å². The number of benzene rings is 2. The van der Waals surface area contributed by atoms with Gasteiger partial charge in [-0.15, -0.1) is 0 Å². The maximum Gasteiger partial charge on any atom is 0.352 e. The molecule has 1 aliphatic rings. The average molecular weight is 326 g/mol. The molecule has 114 valence electrons. The summed E-state index contributed by atoms with van der Waals surface area (Å²) in [6.07, 6.45) is 0.303. The number of nitriles is 1. The van der Waals surface area contributed by atoms with E-state index in [9.17, 15) is 9.90 Å². The molecule has 23 heavy (non-hydrogen) atoms. The van der Waals surface area contributed by atoms with Crippen LogP contribution in [0.4, 0.5) is 5.69 Å². The SMILES string of the molecule is N#Cc1ccc(N2N=C(C(=O)O)CC2c2ccc(Cl)cc2)cc1. The van der Waals surface area contributed by atoms with Gasteiger partial charge in [0.05, 0.1) is 23.4 Å². The standard InChI is InChI=1S/C17H12ClN3O2/c18-13-5-3-12(4-6-13)16-9-15(17(22)23)20-21(16)14-7-1-11(10-19)2-8-14/h1-8,16H,9H2,(H,22,23). The molecule has 5 nitrogen and oxygen atoms in total. The third-order valence-electron chi connectivity index (χ3n) is 3.67. The lowest BCUT2D eigenvalue weighted by molar-refractivity contribution is -0.129. The third kappa shape index (κ3) is 3.03. The summed E-state index contributed by atoms with van der Waals surface area (Å²) in [5.74, 6) is -1.03. The van der Waals surface area contributed by atoms with Crippen LogP contribution in [0.25, 0.3) is 0 Å². The van der Waals surface area contributed by atoms with Gasteiger partial charge in [0.25, 0.3) is 0 Å². The molecule has 0 bridgehead atoms. The van der Waals surface area contributed by atoms with E-state index in [-0.39, 0.29) is 11.8 Å². The Morgan fingerprint density at radius 3 is 2.43 bits per heavy atom. The van der Waals surface area contributed by atoms with Crippen LogP contribution in [0.15, 0.2) is 53.6 Å². The highest BCUT2D eigenvalue weighted by molar-refractivity contribution is 6.36. The maximum absolute atomic E-state index is 11.3. The van der Waals surface area contributed by atoms with E-state index in [2.05, 4.69) is 11.2 Å². The van der Waals surface area contributed by atoms with Crippen LogP contribution in [0, 0.1) is 11.3 Å². The Kier molecular flexibility index (Phi) is 4.00. The van der Waals surface area contributed by atoms with Crippen molar-refractivity contribution >= 4 is 29.0 Å². The van der Waals surface area contributed by atoms with Crippen LogP contribution in [0.5, 0.6) is 0 Å². The van der Waals surface area contributed by atoms with Crippen LogP contribution in [0.3, 0.4) is 0 Å². The van der Waals surface area contributed by atoms with Gasteiger partial charge in [0, 0.05) is 11.4 Å². The second-order valence-corrected chi connectivity index (χ2v) is 5.56. The minimum absolute atomic E-state index is 0.106. The zero-order valence-corrected chi connectivity index (χ0v) is 12.7. The Morgan fingerprint density at radius 1 is 1.22 bits per heavy atom. The van der Waals surface area contributed by atoms with Gasteiger partial charge in [-0.3, -0.25) is 5.01 Å². The monoisotopic (exact) mass is 325 g/mol. The van der Waals surface area contributed by atoms with Crippen LogP contribution in [0.2, 0.25) is 5.02 Å². The van der Waals surface area contributed by atoms with Gasteiger partial charge < -0.3 is 5.11 Å². The number of carboxylic acid groups (broad SMARTS) is 1. The largest absolute Gasteiger partial charge is 0.477 e. The summed E-state index contributed by atoms with van der Waals surface area (Å²) in [4.78, 5) is 11.3. The lowest BCUT2D eigenvalue weighted by Crippen LogP contribution is -2.18. The molecule has 0 spiro atoms. The predicted octanol–water partition coefficient (Wildman–Crippen LogP) is 3.60. The minimum Gasteiger partial charge on any atom is -0.477 e. The number of hydrogen-bond acceptors (Lipinski definition) is 4. The van der Waals surface area contributed by atoms with Gasteiger partial charge in [-0.25, -0.2) is 4.79 Å². The summed E-state index contributed by atoms with van der Waals surface area (Å²) in [5.41, 5.74) is 2.31. The molecule has 1 N–H and O–H groups in total. The number of aliphatic carboxylic acids is 1. The summed E-state index contributed by atoms with van der Waals surface area (Å²) >= 11 is 5.92. The van der Waals surface area contributed by atoms with E-state index in [0.29, 0.717) is 17.0 Å². The van der Waals surface area contributed by atoms with E-state index < -0.39 is 5.97 Å². The number of nitrogens with zero attached hydrogens (tertiary/aromatic N) is 3. The highest BCUT2D eigenvalue weighted by Gasteiger charge is 2.32. The Morgan fingerprint density at radius 2 is 1.87 bits per heavy atom. The van der Waals surface area contributed by atoms with Crippen molar-refractivity contribution in [1.29, 1.82) is 5.26 Å². The smallest absolute Gasteiger partial charge is 0.352 e. The van der Waals surface area contributed by atoms with Gasteiger partial charge >= 0.3 is 5.97 Å². The van der Waals surface area contributed by atoms with E-state index in [1.165, 1.54) is 0 Å². The number of carbonyl (C=O) groups is 1. The number of rotatable bonds is 3. The fraction of sp³-hybridized carbons (Fsp3) is 0.118. The first-order valence-corrected chi connectivity index (χ1v) is 7.32. The Labute approximate surface area is 138 Å². The quantitative estimate of drug-likeness (QED) is 0.935. The molecule has 0 amide bonds. The average Bonchev–Trinajstić information content (AvgIpc) is 3.01. The maximum atomic E-state index is 11.3. The zero-order chi connectivity index (χ0) is 16.4. The molecule has 1 heterocycles. The van der Waals surface area contributed by atoms with Crippen molar-refractivity contribution in [2.75, 3.05) is 5.01 Å². The lowest BCUT2D eigenvalue weighted by atomic mass is 10.0. The van der Waals surface area contributed by atoms with Gasteiger partial charge in [0.2, 0.25) is 0 Å². The van der Waals surface area contributed by atoms with Gasteiger partial charge in [0.15, 0.2) is 0 Å². The number of anilines is 1. The molecule has 0 radical (unpaired) electrons. The Hall–Kier alpha value is -2.84. The number of carboxylic acids is 1. The topological polar surface area (TPSA) is 76.7 Å². The Balaban J connectivity index is 1.99. The number of hydrogen-bond donors (Lipinski definition) is 1. The number of halogens is 1. The second-order valence-electron chi connectivity index (χ2n) is 5.13. The van der Waals surface area contributed by atoms with Crippen LogP contribution in [0.1, 0.15) is 23.6 Å². The molecule has 0 saturated heterocycles. The summed E-state index contributed by atoms with van der Waals surface area (Å²) in [7, 11) is 0. The molecule has 6 heteroatoms. The number of hydrazone groups is 1. The van der Waals surface area contributed by atoms with Crippen molar-refractivity contribution in [3.05, 3.63) is 64.7 Å². The van der Waals surface area contributed by atoms with E-state index in [4.69, 9.17) is 16.9 Å².